The van der Waals surface area contributed by atoms with Crippen LogP contribution in [0.4, 0.5) is 17.6 Å². The predicted octanol–water partition coefficient (Wildman–Crippen LogP) is 4.71. The van der Waals surface area contributed by atoms with E-state index < -0.39 is 0 Å². The molecular formula is C27H39N7O. The van der Waals surface area contributed by atoms with Gasteiger partial charge in [0.15, 0.2) is 0 Å². The fourth-order valence-corrected chi connectivity index (χ4v) is 6.42. The lowest BCUT2D eigenvalue weighted by Gasteiger charge is -2.39. The Morgan fingerprint density at radius 2 is 1.83 bits per heavy atom. The summed E-state index contributed by atoms with van der Waals surface area (Å²) in [5.74, 6) is 3.31. The van der Waals surface area contributed by atoms with Gasteiger partial charge in [-0.15, -0.1) is 0 Å². The second kappa shape index (κ2) is 9.10. The first-order chi connectivity index (χ1) is 17.0. The Labute approximate surface area is 208 Å². The molecule has 4 aliphatic rings. The van der Waals surface area contributed by atoms with E-state index in [0.717, 1.165) is 87.6 Å². The lowest BCUT2D eigenvalue weighted by atomic mass is 9.82. The molecule has 2 aromatic rings. The number of aromatic amines is 1. The van der Waals surface area contributed by atoms with Crippen molar-refractivity contribution in [3.8, 4) is 0 Å². The number of nitrogens with zero attached hydrogens (tertiary/aromatic N) is 5. The molecule has 3 fully saturated rings. The smallest absolute Gasteiger partial charge is 0.245 e. The number of nitrogens with one attached hydrogen (secondary N) is 2. The number of likely N-dealkylation sites (tertiary alicyclic amines) is 1. The second-order valence-electron chi connectivity index (χ2n) is 11.8. The number of H-pyrrole nitrogens is 1. The quantitative estimate of drug-likeness (QED) is 0.648. The first-order valence-electron chi connectivity index (χ1n) is 13.7. The molecular weight excluding hydrogens is 438 g/mol. The van der Waals surface area contributed by atoms with Crippen LogP contribution < -0.4 is 10.2 Å². The maximum Gasteiger partial charge on any atom is 0.245 e. The van der Waals surface area contributed by atoms with E-state index in [1.54, 1.807) is 0 Å². The van der Waals surface area contributed by atoms with E-state index in [1.165, 1.54) is 31.2 Å². The van der Waals surface area contributed by atoms with Crippen LogP contribution in [0, 0.1) is 5.41 Å². The average Bonchev–Trinajstić information content (AvgIpc) is 3.65. The third-order valence-corrected chi connectivity index (χ3v) is 8.77. The van der Waals surface area contributed by atoms with Gasteiger partial charge in [-0.1, -0.05) is 26.7 Å². The Bertz CT molecular complexity index is 1080. The summed E-state index contributed by atoms with van der Waals surface area (Å²) in [6.45, 7) is 7.16. The molecule has 188 valence electrons. The molecule has 4 heterocycles. The monoisotopic (exact) mass is 477 g/mol. The number of carbonyl (C=O) groups excluding carboxylic acids is 1. The molecule has 0 spiro atoms. The Morgan fingerprint density at radius 1 is 1.03 bits per heavy atom. The molecule has 1 amide bonds. The molecule has 2 N–H and O–H groups in total. The van der Waals surface area contributed by atoms with Gasteiger partial charge in [0.1, 0.15) is 17.7 Å². The van der Waals surface area contributed by atoms with Crippen LogP contribution in [0.15, 0.2) is 6.07 Å². The van der Waals surface area contributed by atoms with Gasteiger partial charge in [-0.3, -0.25) is 9.89 Å². The van der Waals surface area contributed by atoms with Crippen molar-refractivity contribution >= 4 is 23.5 Å². The summed E-state index contributed by atoms with van der Waals surface area (Å²) in [5.41, 5.74) is 3.84. The number of hydrogen-bond acceptors (Lipinski definition) is 6. The van der Waals surface area contributed by atoms with Crippen LogP contribution in [-0.2, 0) is 17.6 Å². The van der Waals surface area contributed by atoms with E-state index >= 15 is 0 Å². The van der Waals surface area contributed by atoms with E-state index in [4.69, 9.17) is 9.97 Å². The van der Waals surface area contributed by atoms with Gasteiger partial charge < -0.3 is 15.1 Å². The van der Waals surface area contributed by atoms with Crippen molar-refractivity contribution in [2.75, 3.05) is 29.9 Å². The van der Waals surface area contributed by atoms with E-state index in [9.17, 15) is 4.79 Å². The highest BCUT2D eigenvalue weighted by Crippen LogP contribution is 2.36. The maximum atomic E-state index is 13.5. The molecule has 2 aromatic heterocycles. The van der Waals surface area contributed by atoms with Crippen molar-refractivity contribution in [2.24, 2.45) is 5.41 Å². The zero-order valence-electron chi connectivity index (χ0n) is 21.3. The normalized spacial score (nSPS) is 24.2. The van der Waals surface area contributed by atoms with Crippen LogP contribution in [0.2, 0.25) is 0 Å². The molecule has 8 nitrogen and oxygen atoms in total. The number of piperidine rings is 1. The highest BCUT2D eigenvalue weighted by molar-refractivity contribution is 5.85. The Kier molecular flexibility index (Phi) is 5.93. The molecule has 8 heteroatoms. The second-order valence-corrected chi connectivity index (χ2v) is 11.8. The molecule has 0 bridgehead atoms. The first kappa shape index (κ1) is 22.8. The van der Waals surface area contributed by atoms with Crippen LogP contribution in [0.3, 0.4) is 0 Å². The molecule has 2 aliphatic carbocycles. The summed E-state index contributed by atoms with van der Waals surface area (Å²) in [7, 11) is 0. The number of hydrogen-bond donors (Lipinski definition) is 2. The van der Waals surface area contributed by atoms with Crippen LogP contribution in [0.1, 0.15) is 94.5 Å². The maximum absolute atomic E-state index is 13.5. The number of aryl methyl sites for hydroxylation is 1. The van der Waals surface area contributed by atoms with Crippen LogP contribution >= 0.6 is 0 Å². The predicted molar refractivity (Wildman–Crippen MR) is 137 cm³/mol. The molecule has 0 aromatic carbocycles. The topological polar surface area (TPSA) is 90.0 Å². The lowest BCUT2D eigenvalue weighted by Crippen LogP contribution is -2.50. The van der Waals surface area contributed by atoms with E-state index in [2.05, 4.69) is 45.2 Å². The van der Waals surface area contributed by atoms with Crippen molar-refractivity contribution in [3.63, 3.8) is 0 Å². The summed E-state index contributed by atoms with van der Waals surface area (Å²) in [4.78, 5) is 27.8. The number of fused-ring (bicyclic) bond motifs is 1. The summed E-state index contributed by atoms with van der Waals surface area (Å²) < 4.78 is 0. The largest absolute Gasteiger partial charge is 0.341 e. The van der Waals surface area contributed by atoms with Gasteiger partial charge in [0, 0.05) is 37.2 Å². The molecule has 1 atom stereocenters. The molecule has 2 aliphatic heterocycles. The van der Waals surface area contributed by atoms with Crippen LogP contribution in [-0.4, -0.2) is 56.6 Å². The lowest BCUT2D eigenvalue weighted by molar-refractivity contribution is -0.134. The summed E-state index contributed by atoms with van der Waals surface area (Å²) >= 11 is 0. The van der Waals surface area contributed by atoms with Crippen molar-refractivity contribution in [2.45, 2.75) is 96.4 Å². The minimum atomic E-state index is -0.148. The third kappa shape index (κ3) is 4.52. The molecule has 1 saturated carbocycles. The number of carbonyl (C=O) groups is 1. The van der Waals surface area contributed by atoms with Gasteiger partial charge in [0.05, 0.1) is 11.4 Å². The summed E-state index contributed by atoms with van der Waals surface area (Å²) in [6, 6.07) is 2.00. The number of aromatic nitrogens is 4. The fraction of sp³-hybridized carbons (Fsp3) is 0.704. The SMILES string of the molecule is CC1(C)CCN(C(=O)[C@@H]2CCCN2c2nc3c(c(Nc4cc(C5CCCC5)n[nH]4)n2)CCC3)CC1. The molecule has 2 saturated heterocycles. The fourth-order valence-electron chi connectivity index (χ4n) is 6.42. The zero-order valence-corrected chi connectivity index (χ0v) is 21.3. The van der Waals surface area contributed by atoms with Crippen molar-refractivity contribution in [3.05, 3.63) is 23.0 Å². The Balaban J connectivity index is 1.23. The molecule has 0 radical (unpaired) electrons. The van der Waals surface area contributed by atoms with Gasteiger partial charge in [-0.05, 0) is 63.2 Å². The van der Waals surface area contributed by atoms with Gasteiger partial charge in [0.2, 0.25) is 11.9 Å². The molecule has 0 unspecified atom stereocenters. The Hall–Kier alpha value is -2.64. The minimum absolute atomic E-state index is 0.148. The van der Waals surface area contributed by atoms with Gasteiger partial charge in [-0.25, -0.2) is 4.98 Å². The standard InChI is InChI=1S/C27H39N7O/c1-27(2)12-15-33(16-13-27)25(35)22-11-6-14-34(22)26-28-20-10-5-9-19(20)24(30-26)29-23-17-21(31-32-23)18-7-3-4-8-18/h17-18,22H,3-16H2,1-2H3,(H2,28,29,30,31,32)/t22-/m0/s1. The van der Waals surface area contributed by atoms with Crippen LogP contribution in [0.5, 0.6) is 0 Å². The van der Waals surface area contributed by atoms with E-state index in [1.807, 2.05) is 0 Å². The number of anilines is 3. The van der Waals surface area contributed by atoms with Gasteiger partial charge in [0.25, 0.3) is 0 Å². The average molecular weight is 478 g/mol. The third-order valence-electron chi connectivity index (χ3n) is 8.77. The highest BCUT2D eigenvalue weighted by atomic mass is 16.2. The molecule has 6 rings (SSSR count). The van der Waals surface area contributed by atoms with Crippen molar-refractivity contribution in [1.82, 2.24) is 25.1 Å². The van der Waals surface area contributed by atoms with E-state index in [-0.39, 0.29) is 11.9 Å². The summed E-state index contributed by atoms with van der Waals surface area (Å²) in [6.07, 6.45) is 12.2. The van der Waals surface area contributed by atoms with Gasteiger partial charge >= 0.3 is 0 Å². The number of amides is 1. The first-order valence-corrected chi connectivity index (χ1v) is 13.7. The highest BCUT2D eigenvalue weighted by Gasteiger charge is 2.38. The van der Waals surface area contributed by atoms with Crippen molar-refractivity contribution in [1.29, 1.82) is 0 Å². The van der Waals surface area contributed by atoms with E-state index in [0.29, 0.717) is 17.3 Å². The minimum Gasteiger partial charge on any atom is -0.341 e. The molecule has 35 heavy (non-hydrogen) atoms. The van der Waals surface area contributed by atoms with Crippen LogP contribution in [0.25, 0.3) is 0 Å². The van der Waals surface area contributed by atoms with Gasteiger partial charge in [-0.2, -0.15) is 10.1 Å². The Morgan fingerprint density at radius 3 is 2.63 bits per heavy atom. The number of rotatable bonds is 5. The van der Waals surface area contributed by atoms with Crippen molar-refractivity contribution < 1.29 is 4.79 Å². The summed E-state index contributed by atoms with van der Waals surface area (Å²) in [5, 5.41) is 11.3. The zero-order chi connectivity index (χ0) is 24.0.